The van der Waals surface area contributed by atoms with E-state index in [-0.39, 0.29) is 12.5 Å². The fourth-order valence-corrected chi connectivity index (χ4v) is 1.76. The van der Waals surface area contributed by atoms with E-state index in [0.29, 0.717) is 30.6 Å². The van der Waals surface area contributed by atoms with Crippen LogP contribution >= 0.6 is 0 Å². The highest BCUT2D eigenvalue weighted by atomic mass is 16.5. The van der Waals surface area contributed by atoms with Crippen LogP contribution in [0.1, 0.15) is 6.92 Å². The van der Waals surface area contributed by atoms with Crippen molar-refractivity contribution in [3.63, 3.8) is 0 Å². The number of ether oxygens (including phenoxy) is 2. The number of likely N-dealkylation sites (N-methyl/N-ethyl adjacent to an activating group) is 1. The molecule has 0 bridgehead atoms. The molecule has 0 fully saturated rings. The third-order valence-corrected chi connectivity index (χ3v) is 3.01. The van der Waals surface area contributed by atoms with Crippen molar-refractivity contribution in [1.29, 1.82) is 0 Å². The zero-order valence-corrected chi connectivity index (χ0v) is 14.8. The molecule has 1 aromatic rings. The maximum Gasteiger partial charge on any atom is 0.243 e. The molecule has 0 aromatic heterocycles. The Kier molecular flexibility index (Phi) is 8.18. The van der Waals surface area contributed by atoms with Crippen LogP contribution in [0, 0.1) is 0 Å². The lowest BCUT2D eigenvalue weighted by atomic mass is 10.2. The average molecular weight is 334 g/mol. The minimum absolute atomic E-state index is 0.0496. The van der Waals surface area contributed by atoms with Gasteiger partial charge in [-0.15, -0.1) is 6.58 Å². The molecule has 24 heavy (non-hydrogen) atoms. The summed E-state index contributed by atoms with van der Waals surface area (Å²) in [5.74, 6) is 1.69. The number of aliphatic imine (C=N–C) groups is 1. The number of hydrogen-bond donors (Lipinski definition) is 2. The fraction of sp³-hybridized carbons (Fsp3) is 0.412. The minimum Gasteiger partial charge on any atom is -0.493 e. The van der Waals surface area contributed by atoms with Gasteiger partial charge in [-0.05, 0) is 19.1 Å². The van der Waals surface area contributed by atoms with E-state index in [4.69, 9.17) is 9.47 Å². The van der Waals surface area contributed by atoms with E-state index in [1.807, 2.05) is 25.1 Å². The first-order valence-corrected chi connectivity index (χ1v) is 7.69. The Morgan fingerprint density at radius 3 is 2.71 bits per heavy atom. The molecule has 132 valence electrons. The van der Waals surface area contributed by atoms with Gasteiger partial charge >= 0.3 is 0 Å². The predicted molar refractivity (Wildman–Crippen MR) is 97.0 cm³/mol. The molecule has 0 spiro atoms. The highest BCUT2D eigenvalue weighted by Crippen LogP contribution is 2.30. The summed E-state index contributed by atoms with van der Waals surface area (Å²) in [6.07, 6.45) is 1.71. The highest BCUT2D eigenvalue weighted by Gasteiger charge is 2.08. The summed E-state index contributed by atoms with van der Waals surface area (Å²) >= 11 is 0. The fourth-order valence-electron chi connectivity index (χ4n) is 1.76. The molecule has 0 radical (unpaired) electrons. The second-order valence-electron chi connectivity index (χ2n) is 5.05. The number of carbonyl (C=O) groups excluding carboxylic acids is 1. The van der Waals surface area contributed by atoms with Crippen molar-refractivity contribution in [1.82, 2.24) is 10.2 Å². The number of carbonyl (C=O) groups is 1. The lowest BCUT2D eigenvalue weighted by Gasteiger charge is -2.15. The molecule has 0 aliphatic heterocycles. The van der Waals surface area contributed by atoms with Crippen molar-refractivity contribution in [2.45, 2.75) is 6.92 Å². The largest absolute Gasteiger partial charge is 0.493 e. The van der Waals surface area contributed by atoms with Gasteiger partial charge in [0, 0.05) is 32.4 Å². The summed E-state index contributed by atoms with van der Waals surface area (Å²) in [7, 11) is 4.98. The van der Waals surface area contributed by atoms with Gasteiger partial charge in [0.2, 0.25) is 5.91 Å². The zero-order valence-electron chi connectivity index (χ0n) is 14.8. The van der Waals surface area contributed by atoms with Crippen LogP contribution < -0.4 is 20.1 Å². The van der Waals surface area contributed by atoms with Crippen LogP contribution in [0.4, 0.5) is 5.69 Å². The van der Waals surface area contributed by atoms with Gasteiger partial charge in [-0.2, -0.15) is 0 Å². The number of nitrogens with zero attached hydrogens (tertiary/aromatic N) is 2. The molecule has 0 heterocycles. The van der Waals surface area contributed by atoms with Crippen molar-refractivity contribution < 1.29 is 14.3 Å². The van der Waals surface area contributed by atoms with Crippen LogP contribution in [-0.2, 0) is 4.79 Å². The average Bonchev–Trinajstić information content (AvgIpc) is 2.57. The third-order valence-electron chi connectivity index (χ3n) is 3.01. The first-order valence-electron chi connectivity index (χ1n) is 7.69. The van der Waals surface area contributed by atoms with Gasteiger partial charge in [-0.25, -0.2) is 4.99 Å². The lowest BCUT2D eigenvalue weighted by Crippen LogP contribution is -2.33. The number of anilines is 1. The maximum absolute atomic E-state index is 11.7. The highest BCUT2D eigenvalue weighted by molar-refractivity contribution is 5.95. The molecule has 7 nitrogen and oxygen atoms in total. The number of methoxy groups -OCH3 is 1. The molecule has 0 aliphatic carbocycles. The van der Waals surface area contributed by atoms with Gasteiger partial charge in [0.25, 0.3) is 0 Å². The smallest absolute Gasteiger partial charge is 0.243 e. The van der Waals surface area contributed by atoms with E-state index >= 15 is 0 Å². The van der Waals surface area contributed by atoms with Crippen LogP contribution in [0.15, 0.2) is 35.8 Å². The van der Waals surface area contributed by atoms with Gasteiger partial charge in [0.1, 0.15) is 6.54 Å². The first kappa shape index (κ1) is 19.3. The topological polar surface area (TPSA) is 75.2 Å². The number of amides is 1. The Labute approximate surface area is 143 Å². The summed E-state index contributed by atoms with van der Waals surface area (Å²) in [6.45, 7) is 6.68. The van der Waals surface area contributed by atoms with Crippen LogP contribution in [0.25, 0.3) is 0 Å². The Balaban J connectivity index is 2.92. The monoisotopic (exact) mass is 334 g/mol. The summed E-state index contributed by atoms with van der Waals surface area (Å²) in [5, 5.41) is 6.21. The number of guanidine groups is 1. The number of benzene rings is 1. The van der Waals surface area contributed by atoms with Gasteiger partial charge in [0.15, 0.2) is 17.5 Å². The molecule has 1 rings (SSSR count). The Morgan fingerprint density at radius 2 is 2.12 bits per heavy atom. The van der Waals surface area contributed by atoms with E-state index in [1.165, 1.54) is 4.90 Å². The summed E-state index contributed by atoms with van der Waals surface area (Å²) in [5.41, 5.74) is 0.770. The van der Waals surface area contributed by atoms with Crippen LogP contribution in [0.5, 0.6) is 11.5 Å². The predicted octanol–water partition coefficient (Wildman–Crippen LogP) is 1.73. The lowest BCUT2D eigenvalue weighted by molar-refractivity contribution is -0.127. The van der Waals surface area contributed by atoms with Gasteiger partial charge < -0.3 is 25.0 Å². The Hall–Kier alpha value is -2.70. The van der Waals surface area contributed by atoms with E-state index in [2.05, 4.69) is 22.2 Å². The zero-order chi connectivity index (χ0) is 17.9. The van der Waals surface area contributed by atoms with Crippen molar-refractivity contribution in [2.75, 3.05) is 46.2 Å². The SMILES string of the molecule is C=CCNC(=NCC(=O)N(C)C)Nc1ccc(OC)c(OCC)c1. The summed E-state index contributed by atoms with van der Waals surface area (Å²) in [4.78, 5) is 17.5. The van der Waals surface area contributed by atoms with Crippen LogP contribution in [0.2, 0.25) is 0 Å². The normalized spacial score (nSPS) is 10.8. The maximum atomic E-state index is 11.7. The molecule has 0 aliphatic rings. The van der Waals surface area contributed by atoms with Crippen LogP contribution in [0.3, 0.4) is 0 Å². The van der Waals surface area contributed by atoms with Crippen molar-refractivity contribution in [3.8, 4) is 11.5 Å². The summed E-state index contributed by atoms with van der Waals surface area (Å²) < 4.78 is 10.8. The van der Waals surface area contributed by atoms with E-state index in [1.54, 1.807) is 27.3 Å². The standard InChI is InChI=1S/C17H26N4O3/c1-6-10-18-17(19-12-16(22)21(3)4)20-13-8-9-14(23-5)15(11-13)24-7-2/h6,8-9,11H,1,7,10,12H2,2-5H3,(H2,18,19,20). The van der Waals surface area contributed by atoms with E-state index in [0.717, 1.165) is 5.69 Å². The van der Waals surface area contributed by atoms with Crippen molar-refractivity contribution in [3.05, 3.63) is 30.9 Å². The second-order valence-corrected chi connectivity index (χ2v) is 5.05. The Bertz CT molecular complexity index is 585. The van der Waals surface area contributed by atoms with E-state index in [9.17, 15) is 4.79 Å². The molecular weight excluding hydrogens is 308 g/mol. The molecule has 0 saturated carbocycles. The third kappa shape index (κ3) is 6.20. The molecule has 0 unspecified atom stereocenters. The number of hydrogen-bond acceptors (Lipinski definition) is 4. The molecule has 1 aromatic carbocycles. The van der Waals surface area contributed by atoms with Gasteiger partial charge in [0.05, 0.1) is 13.7 Å². The van der Waals surface area contributed by atoms with Crippen molar-refractivity contribution in [2.24, 2.45) is 4.99 Å². The van der Waals surface area contributed by atoms with Crippen molar-refractivity contribution >= 4 is 17.6 Å². The second kappa shape index (κ2) is 10.1. The number of nitrogens with one attached hydrogen (secondary N) is 2. The van der Waals surface area contributed by atoms with Crippen LogP contribution in [-0.4, -0.2) is 57.7 Å². The number of rotatable bonds is 8. The molecule has 7 heteroatoms. The van der Waals surface area contributed by atoms with Gasteiger partial charge in [-0.1, -0.05) is 6.08 Å². The molecular formula is C17H26N4O3. The minimum atomic E-state index is -0.0839. The quantitative estimate of drug-likeness (QED) is 0.430. The van der Waals surface area contributed by atoms with Gasteiger partial charge in [-0.3, -0.25) is 4.79 Å². The molecule has 1 amide bonds. The Morgan fingerprint density at radius 1 is 1.38 bits per heavy atom. The molecule has 0 atom stereocenters. The van der Waals surface area contributed by atoms with E-state index < -0.39 is 0 Å². The molecule has 2 N–H and O–H groups in total. The molecule has 0 saturated heterocycles. The summed E-state index contributed by atoms with van der Waals surface area (Å²) in [6, 6.07) is 5.48. The first-order chi connectivity index (χ1) is 11.5.